The number of nitrogens with two attached hydrogens (primary N) is 2. The Morgan fingerprint density at radius 3 is 2.40 bits per heavy atom. The van der Waals surface area contributed by atoms with Crippen LogP contribution in [0.25, 0.3) is 0 Å². The van der Waals surface area contributed by atoms with Crippen LogP contribution in [0.1, 0.15) is 24.0 Å². The summed E-state index contributed by atoms with van der Waals surface area (Å²) in [4.78, 5) is 22.0. The Bertz CT molecular complexity index is 499. The average Bonchev–Trinajstić information content (AvgIpc) is 2.42. The lowest BCUT2D eigenvalue weighted by molar-refractivity contribution is -0.137. The fourth-order valence-electron chi connectivity index (χ4n) is 1.53. The molecule has 0 aliphatic rings. The number of amides is 1. The smallest absolute Gasteiger partial charge is 0.303 e. The van der Waals surface area contributed by atoms with Crippen molar-refractivity contribution in [2.24, 2.45) is 11.5 Å². The van der Waals surface area contributed by atoms with E-state index in [0.29, 0.717) is 5.56 Å². The van der Waals surface area contributed by atoms with Crippen LogP contribution in [0.2, 0.25) is 0 Å². The van der Waals surface area contributed by atoms with Crippen LogP contribution in [-0.4, -0.2) is 28.9 Å². The van der Waals surface area contributed by atoms with Gasteiger partial charge in [-0.25, -0.2) is 0 Å². The predicted molar refractivity (Wildman–Crippen MR) is 74.2 cm³/mol. The summed E-state index contributed by atoms with van der Waals surface area (Å²) in [6.45, 7) is 0.289. The van der Waals surface area contributed by atoms with E-state index in [0.717, 1.165) is 5.56 Å². The molecule has 0 saturated carbocycles. The summed E-state index contributed by atoms with van der Waals surface area (Å²) < 4.78 is 0. The zero-order valence-electron chi connectivity index (χ0n) is 10.9. The minimum atomic E-state index is -0.979. The summed E-state index contributed by atoms with van der Waals surface area (Å²) in [5, 5.41) is 18.4. The summed E-state index contributed by atoms with van der Waals surface area (Å²) in [6.07, 6.45) is -0.0354. The third-order valence-corrected chi connectivity index (χ3v) is 2.74. The fraction of sp³-hybridized carbons (Fsp3) is 0.308. The van der Waals surface area contributed by atoms with E-state index in [-0.39, 0.29) is 31.1 Å². The molecule has 1 unspecified atom stereocenters. The number of carbonyl (C=O) groups is 2. The van der Waals surface area contributed by atoms with Crippen LogP contribution in [0.5, 0.6) is 0 Å². The van der Waals surface area contributed by atoms with Crippen molar-refractivity contribution in [2.75, 3.05) is 0 Å². The van der Waals surface area contributed by atoms with Gasteiger partial charge >= 0.3 is 5.97 Å². The third kappa shape index (κ3) is 5.07. The van der Waals surface area contributed by atoms with Crippen LogP contribution < -0.4 is 16.8 Å². The first-order valence-electron chi connectivity index (χ1n) is 6.08. The first-order valence-corrected chi connectivity index (χ1v) is 6.08. The Hall–Kier alpha value is -2.41. The number of benzene rings is 1. The highest BCUT2D eigenvalue weighted by molar-refractivity contribution is 5.94. The van der Waals surface area contributed by atoms with E-state index < -0.39 is 12.0 Å². The van der Waals surface area contributed by atoms with E-state index in [1.807, 2.05) is 0 Å². The van der Waals surface area contributed by atoms with Crippen LogP contribution in [0.15, 0.2) is 24.3 Å². The number of amidine groups is 1. The standard InChI is InChI=1S/C13H18N4O3/c14-10(5-6-11(18)19)13(20)17-7-8-1-3-9(4-2-8)12(15)16/h1-4,10H,5-7,14H2,(H3,15,16)(H,17,20)(H,18,19). The molecule has 0 fully saturated rings. The van der Waals surface area contributed by atoms with Crippen molar-refractivity contribution in [3.63, 3.8) is 0 Å². The molecule has 0 bridgehead atoms. The Morgan fingerprint density at radius 1 is 1.30 bits per heavy atom. The van der Waals surface area contributed by atoms with Gasteiger partial charge in [0.2, 0.25) is 5.91 Å². The van der Waals surface area contributed by atoms with E-state index in [4.69, 9.17) is 22.0 Å². The Kier molecular flexibility index (Phi) is 5.67. The van der Waals surface area contributed by atoms with Gasteiger partial charge in [0.25, 0.3) is 0 Å². The summed E-state index contributed by atoms with van der Waals surface area (Å²) in [7, 11) is 0. The maximum atomic E-state index is 11.6. The first kappa shape index (κ1) is 15.6. The molecule has 1 aromatic carbocycles. The number of aliphatic carboxylic acids is 1. The summed E-state index contributed by atoms with van der Waals surface area (Å²) >= 11 is 0. The van der Waals surface area contributed by atoms with Crippen molar-refractivity contribution in [3.8, 4) is 0 Å². The highest BCUT2D eigenvalue weighted by Crippen LogP contribution is 2.04. The van der Waals surface area contributed by atoms with Gasteiger partial charge in [0.05, 0.1) is 6.04 Å². The molecule has 1 rings (SSSR count). The molecule has 7 N–H and O–H groups in total. The minimum Gasteiger partial charge on any atom is -0.481 e. The number of hydrogen-bond donors (Lipinski definition) is 5. The molecule has 20 heavy (non-hydrogen) atoms. The molecule has 0 heterocycles. The van der Waals surface area contributed by atoms with Gasteiger partial charge in [-0.05, 0) is 12.0 Å². The van der Waals surface area contributed by atoms with E-state index in [9.17, 15) is 9.59 Å². The van der Waals surface area contributed by atoms with Crippen molar-refractivity contribution in [1.29, 1.82) is 5.41 Å². The zero-order valence-corrected chi connectivity index (χ0v) is 10.9. The topological polar surface area (TPSA) is 142 Å². The Labute approximate surface area is 116 Å². The number of carbonyl (C=O) groups excluding carboxylic acids is 1. The molecule has 1 atom stereocenters. The molecule has 0 aliphatic carbocycles. The molecule has 1 aromatic rings. The van der Waals surface area contributed by atoms with Crippen molar-refractivity contribution >= 4 is 17.7 Å². The van der Waals surface area contributed by atoms with Crippen molar-refractivity contribution in [1.82, 2.24) is 5.32 Å². The molecule has 7 nitrogen and oxygen atoms in total. The van der Waals surface area contributed by atoms with Gasteiger partial charge in [-0.15, -0.1) is 0 Å². The number of rotatable bonds is 7. The van der Waals surface area contributed by atoms with Crippen LogP contribution in [0, 0.1) is 5.41 Å². The van der Waals surface area contributed by atoms with Crippen molar-refractivity contribution in [2.45, 2.75) is 25.4 Å². The van der Waals surface area contributed by atoms with Gasteiger partial charge in [0.15, 0.2) is 0 Å². The van der Waals surface area contributed by atoms with E-state index in [1.54, 1.807) is 24.3 Å². The van der Waals surface area contributed by atoms with Crippen LogP contribution in [0.3, 0.4) is 0 Å². The van der Waals surface area contributed by atoms with Gasteiger partial charge in [0, 0.05) is 18.5 Å². The predicted octanol–water partition coefficient (Wildman–Crippen LogP) is -0.221. The lowest BCUT2D eigenvalue weighted by Gasteiger charge is -2.11. The number of carboxylic acid groups (broad SMARTS) is 1. The summed E-state index contributed by atoms with van der Waals surface area (Å²) in [5.41, 5.74) is 12.4. The van der Waals surface area contributed by atoms with E-state index in [2.05, 4.69) is 5.32 Å². The molecule has 108 valence electrons. The van der Waals surface area contributed by atoms with Gasteiger partial charge in [0.1, 0.15) is 5.84 Å². The largest absolute Gasteiger partial charge is 0.481 e. The first-order chi connectivity index (χ1) is 9.40. The maximum Gasteiger partial charge on any atom is 0.303 e. The van der Waals surface area contributed by atoms with Crippen molar-refractivity contribution < 1.29 is 14.7 Å². The highest BCUT2D eigenvalue weighted by Gasteiger charge is 2.14. The number of nitrogens with one attached hydrogen (secondary N) is 2. The second kappa shape index (κ2) is 7.25. The highest BCUT2D eigenvalue weighted by atomic mass is 16.4. The third-order valence-electron chi connectivity index (χ3n) is 2.74. The Morgan fingerprint density at radius 2 is 1.90 bits per heavy atom. The molecule has 0 aromatic heterocycles. The molecule has 0 saturated heterocycles. The normalized spacial score (nSPS) is 11.7. The fourth-order valence-corrected chi connectivity index (χ4v) is 1.53. The number of carboxylic acids is 1. The van der Waals surface area contributed by atoms with Crippen LogP contribution >= 0.6 is 0 Å². The molecule has 0 spiro atoms. The molecule has 1 amide bonds. The number of hydrogen-bond acceptors (Lipinski definition) is 4. The zero-order chi connectivity index (χ0) is 15.1. The second-order valence-corrected chi connectivity index (χ2v) is 4.37. The molecular formula is C13H18N4O3. The molecule has 0 radical (unpaired) electrons. The average molecular weight is 278 g/mol. The SMILES string of the molecule is N=C(N)c1ccc(CNC(=O)C(N)CCC(=O)O)cc1. The summed E-state index contributed by atoms with van der Waals surface area (Å²) in [5.74, 6) is -1.38. The summed E-state index contributed by atoms with van der Waals surface area (Å²) in [6, 6.07) is 6.05. The van der Waals surface area contributed by atoms with Gasteiger partial charge in [-0.2, -0.15) is 0 Å². The Balaban J connectivity index is 2.44. The molecule has 0 aliphatic heterocycles. The van der Waals surface area contributed by atoms with Crippen LogP contribution in [0.4, 0.5) is 0 Å². The monoisotopic (exact) mass is 278 g/mol. The van der Waals surface area contributed by atoms with Crippen LogP contribution in [-0.2, 0) is 16.1 Å². The number of nitrogen functional groups attached to an aromatic ring is 1. The van der Waals surface area contributed by atoms with E-state index >= 15 is 0 Å². The lowest BCUT2D eigenvalue weighted by atomic mass is 10.1. The van der Waals surface area contributed by atoms with E-state index in [1.165, 1.54) is 0 Å². The van der Waals surface area contributed by atoms with Gasteiger partial charge < -0.3 is 21.9 Å². The quantitative estimate of drug-likeness (QED) is 0.346. The minimum absolute atomic E-state index is 0.0173. The van der Waals surface area contributed by atoms with Gasteiger partial charge in [-0.1, -0.05) is 24.3 Å². The molecule has 7 heteroatoms. The maximum absolute atomic E-state index is 11.6. The lowest BCUT2D eigenvalue weighted by Crippen LogP contribution is -2.40. The van der Waals surface area contributed by atoms with Gasteiger partial charge in [-0.3, -0.25) is 15.0 Å². The molecular weight excluding hydrogens is 260 g/mol. The van der Waals surface area contributed by atoms with Crippen molar-refractivity contribution in [3.05, 3.63) is 35.4 Å². The second-order valence-electron chi connectivity index (χ2n) is 4.37.